The van der Waals surface area contributed by atoms with Crippen LogP contribution in [-0.2, 0) is 10.9 Å². The fourth-order valence-corrected chi connectivity index (χ4v) is 3.33. The molecule has 0 fully saturated rings. The number of ketones is 1. The third kappa shape index (κ3) is 4.12. The van der Waals surface area contributed by atoms with Gasteiger partial charge in [-0.1, -0.05) is 0 Å². The molecule has 0 saturated heterocycles. The van der Waals surface area contributed by atoms with Gasteiger partial charge in [0.1, 0.15) is 5.75 Å². The summed E-state index contributed by atoms with van der Waals surface area (Å²) in [5.41, 5.74) is 4.07. The van der Waals surface area contributed by atoms with Crippen molar-refractivity contribution in [2.45, 2.75) is 20.3 Å². The maximum absolute atomic E-state index is 12.6. The van der Waals surface area contributed by atoms with Crippen LogP contribution in [0.1, 0.15) is 32.6 Å². The van der Waals surface area contributed by atoms with E-state index < -0.39 is 8.60 Å². The molecule has 4 N–H and O–H groups in total. The molecule has 0 aromatic heterocycles. The molecule has 0 bridgehead atoms. The Labute approximate surface area is 157 Å². The van der Waals surface area contributed by atoms with Gasteiger partial charge in [-0.15, -0.1) is 0 Å². The van der Waals surface area contributed by atoms with Crippen LogP contribution in [0, 0.1) is 13.8 Å². The molecule has 2 aromatic rings. The highest BCUT2D eigenvalue weighted by atomic mass is 31.2. The van der Waals surface area contributed by atoms with Gasteiger partial charge >= 0.3 is 8.60 Å². The molecule has 1 aliphatic rings. The lowest BCUT2D eigenvalue weighted by Gasteiger charge is -2.13. The topological polar surface area (TPSA) is 116 Å². The number of hydrogen-bond acceptors (Lipinski definition) is 7. The van der Waals surface area contributed by atoms with Crippen LogP contribution < -0.4 is 4.74 Å². The largest absolute Gasteiger partial charge is 0.504 e. The summed E-state index contributed by atoms with van der Waals surface area (Å²) in [4.78, 5) is 30.1. The third-order valence-electron chi connectivity index (χ3n) is 4.31. The van der Waals surface area contributed by atoms with Crippen LogP contribution in [-0.4, -0.2) is 32.6 Å². The van der Waals surface area contributed by atoms with Crippen LogP contribution in [0.25, 0.3) is 6.08 Å². The van der Waals surface area contributed by atoms with E-state index >= 15 is 0 Å². The van der Waals surface area contributed by atoms with Gasteiger partial charge in [0.25, 0.3) is 0 Å². The lowest BCUT2D eigenvalue weighted by atomic mass is 10.0. The van der Waals surface area contributed by atoms with Crippen molar-refractivity contribution < 1.29 is 34.1 Å². The van der Waals surface area contributed by atoms with E-state index in [4.69, 9.17) is 14.5 Å². The van der Waals surface area contributed by atoms with E-state index in [1.165, 1.54) is 12.1 Å². The third-order valence-corrected chi connectivity index (χ3v) is 4.65. The van der Waals surface area contributed by atoms with Gasteiger partial charge in [0.15, 0.2) is 24.1 Å². The molecule has 0 heterocycles. The minimum Gasteiger partial charge on any atom is -0.504 e. The van der Waals surface area contributed by atoms with Crippen LogP contribution >= 0.6 is 8.60 Å². The number of carbonyl (C=O) groups excluding carboxylic acids is 1. The summed E-state index contributed by atoms with van der Waals surface area (Å²) in [7, 11) is -2.47. The molecular weight excluding hydrogens is 371 g/mol. The normalized spacial score (nSPS) is 14.9. The van der Waals surface area contributed by atoms with Gasteiger partial charge in [0.2, 0.25) is 0 Å². The first-order valence-corrected chi connectivity index (χ1v) is 9.27. The molecule has 0 saturated carbocycles. The average Bonchev–Trinajstić information content (AvgIpc) is 2.86. The Morgan fingerprint density at radius 1 is 1.07 bits per heavy atom. The van der Waals surface area contributed by atoms with Gasteiger partial charge in [-0.2, -0.15) is 0 Å². The number of fused-ring (bicyclic) bond motifs is 1. The van der Waals surface area contributed by atoms with Gasteiger partial charge in [0.05, 0.1) is 0 Å². The Bertz CT molecular complexity index is 911. The Morgan fingerprint density at radius 3 is 2.33 bits per heavy atom. The van der Waals surface area contributed by atoms with Crippen LogP contribution in [0.5, 0.6) is 17.2 Å². The SMILES string of the molecule is Cc1cc(/C=C2\Cc3cc(O)c(O)cc3C2=O)cc(C)c1OCOP(O)O. The van der Waals surface area contributed by atoms with Gasteiger partial charge < -0.3 is 24.7 Å². The van der Waals surface area contributed by atoms with Crippen molar-refractivity contribution >= 4 is 20.5 Å². The Hall–Kier alpha value is -2.44. The molecule has 0 aliphatic heterocycles. The summed E-state index contributed by atoms with van der Waals surface area (Å²) in [5.74, 6) is -0.158. The smallest absolute Gasteiger partial charge is 0.330 e. The summed E-state index contributed by atoms with van der Waals surface area (Å²) < 4.78 is 10.1. The van der Waals surface area contributed by atoms with E-state index in [0.717, 1.165) is 16.7 Å². The van der Waals surface area contributed by atoms with Crippen molar-refractivity contribution in [3.8, 4) is 17.2 Å². The average molecular weight is 390 g/mol. The predicted octanol–water partition coefficient (Wildman–Crippen LogP) is 3.10. The van der Waals surface area contributed by atoms with Crippen LogP contribution in [0.4, 0.5) is 0 Å². The Kier molecular flexibility index (Phi) is 5.48. The zero-order valence-corrected chi connectivity index (χ0v) is 15.7. The van der Waals surface area contributed by atoms with Crippen molar-refractivity contribution in [3.05, 3.63) is 57.7 Å². The monoisotopic (exact) mass is 390 g/mol. The van der Waals surface area contributed by atoms with Crippen molar-refractivity contribution in [1.82, 2.24) is 0 Å². The number of carbonyl (C=O) groups is 1. The number of phenolic OH excluding ortho intramolecular Hbond substituents is 2. The molecule has 27 heavy (non-hydrogen) atoms. The molecule has 0 spiro atoms. The fourth-order valence-electron chi connectivity index (χ4n) is 3.18. The number of aromatic hydroxyl groups is 2. The van der Waals surface area contributed by atoms with Crippen molar-refractivity contribution in [2.24, 2.45) is 0 Å². The van der Waals surface area contributed by atoms with E-state index in [1.807, 2.05) is 26.0 Å². The van der Waals surface area contributed by atoms with Crippen LogP contribution in [0.2, 0.25) is 0 Å². The number of phenols is 2. The van der Waals surface area contributed by atoms with E-state index in [9.17, 15) is 15.0 Å². The lowest BCUT2D eigenvalue weighted by Crippen LogP contribution is -2.03. The predicted molar refractivity (Wildman–Crippen MR) is 99.6 cm³/mol. The van der Waals surface area contributed by atoms with Crippen molar-refractivity contribution in [2.75, 3.05) is 6.79 Å². The van der Waals surface area contributed by atoms with Gasteiger partial charge in [-0.05, 0) is 66.4 Å². The Morgan fingerprint density at radius 2 is 1.70 bits per heavy atom. The molecule has 2 aromatic carbocycles. The summed E-state index contributed by atoms with van der Waals surface area (Å²) in [6.45, 7) is 3.40. The maximum atomic E-state index is 12.6. The number of aryl methyl sites for hydroxylation is 2. The number of Topliss-reactive ketones (excluding diaryl/α,β-unsaturated/α-hetero) is 1. The van der Waals surface area contributed by atoms with Gasteiger partial charge in [-0.25, -0.2) is 0 Å². The molecule has 0 amide bonds. The first-order valence-electron chi connectivity index (χ1n) is 8.11. The molecule has 3 rings (SSSR count). The van der Waals surface area contributed by atoms with Crippen molar-refractivity contribution in [3.63, 3.8) is 0 Å². The number of rotatable bonds is 5. The van der Waals surface area contributed by atoms with E-state index in [2.05, 4.69) is 4.52 Å². The molecule has 142 valence electrons. The van der Waals surface area contributed by atoms with E-state index in [0.29, 0.717) is 28.9 Å². The Balaban J connectivity index is 1.85. The number of benzene rings is 2. The molecule has 8 heteroatoms. The minimum absolute atomic E-state index is 0.177. The van der Waals surface area contributed by atoms with E-state index in [-0.39, 0.29) is 24.1 Å². The second kappa shape index (κ2) is 7.66. The first kappa shape index (κ1) is 19.3. The summed E-state index contributed by atoms with van der Waals surface area (Å²) >= 11 is 0. The number of ether oxygens (including phenoxy) is 1. The van der Waals surface area contributed by atoms with Crippen LogP contribution in [0.15, 0.2) is 29.8 Å². The minimum atomic E-state index is -2.47. The molecular formula is C19H19O7P. The highest BCUT2D eigenvalue weighted by Crippen LogP contribution is 2.36. The standard InChI is InChI=1S/C19H19O7P/c1-10-3-12(4-11(2)19(10)25-9-26-27(23)24)5-14-6-13-7-16(20)17(21)8-15(13)18(14)22/h3-5,7-8,20-21,23-24H,6,9H2,1-2H3/b14-5+. The molecule has 7 nitrogen and oxygen atoms in total. The summed E-state index contributed by atoms with van der Waals surface area (Å²) in [6.07, 6.45) is 2.15. The second-order valence-electron chi connectivity index (χ2n) is 6.30. The summed E-state index contributed by atoms with van der Waals surface area (Å²) in [5, 5.41) is 19.2. The molecule has 0 radical (unpaired) electrons. The van der Waals surface area contributed by atoms with E-state index in [1.54, 1.807) is 6.08 Å². The number of hydrogen-bond donors (Lipinski definition) is 4. The molecule has 0 unspecified atom stereocenters. The first-order chi connectivity index (χ1) is 12.8. The second-order valence-corrected chi connectivity index (χ2v) is 7.07. The zero-order valence-electron chi connectivity index (χ0n) is 14.8. The highest BCUT2D eigenvalue weighted by Gasteiger charge is 2.26. The quantitative estimate of drug-likeness (QED) is 0.268. The molecule has 0 atom stereocenters. The number of allylic oxidation sites excluding steroid dienone is 1. The fraction of sp³-hybridized carbons (Fsp3) is 0.211. The van der Waals surface area contributed by atoms with Crippen molar-refractivity contribution in [1.29, 1.82) is 0 Å². The maximum Gasteiger partial charge on any atom is 0.330 e. The lowest BCUT2D eigenvalue weighted by molar-refractivity contribution is 0.103. The highest BCUT2D eigenvalue weighted by molar-refractivity contribution is 7.39. The summed E-state index contributed by atoms with van der Waals surface area (Å²) in [6, 6.07) is 6.40. The van der Waals surface area contributed by atoms with Crippen LogP contribution in [0.3, 0.4) is 0 Å². The zero-order chi connectivity index (χ0) is 19.7. The molecule has 1 aliphatic carbocycles. The van der Waals surface area contributed by atoms with Gasteiger partial charge in [-0.3, -0.25) is 9.32 Å². The van der Waals surface area contributed by atoms with Gasteiger partial charge in [0, 0.05) is 17.6 Å².